The molecule has 0 amide bonds. The van der Waals surface area contributed by atoms with Crippen molar-refractivity contribution in [1.82, 2.24) is 25.0 Å². The average Bonchev–Trinajstić information content (AvgIpc) is 3.53. The van der Waals surface area contributed by atoms with E-state index >= 15 is 0 Å². The lowest BCUT2D eigenvalue weighted by Crippen LogP contribution is -2.36. The highest BCUT2D eigenvalue weighted by Gasteiger charge is 2.43. The highest BCUT2D eigenvalue weighted by Crippen LogP contribution is 2.46. The van der Waals surface area contributed by atoms with E-state index in [9.17, 15) is 18.4 Å². The van der Waals surface area contributed by atoms with Crippen molar-refractivity contribution in [3.8, 4) is 6.07 Å². The number of halogens is 3. The summed E-state index contributed by atoms with van der Waals surface area (Å²) < 4.78 is 43.0. The third kappa shape index (κ3) is 4.94. The zero-order chi connectivity index (χ0) is 28.0. The number of piperidine rings is 1. The largest absolute Gasteiger partial charge is 0.418 e. The van der Waals surface area contributed by atoms with E-state index in [1.807, 2.05) is 12.1 Å². The van der Waals surface area contributed by atoms with Crippen LogP contribution in [0.25, 0.3) is 0 Å². The van der Waals surface area contributed by atoms with Gasteiger partial charge in [-0.25, -0.2) is 0 Å². The fraction of sp³-hybridized carbons (Fsp3) is 0.433. The van der Waals surface area contributed by atoms with Gasteiger partial charge in [0.25, 0.3) is 0 Å². The molecule has 1 unspecified atom stereocenters. The number of anilines is 1. The average molecular weight is 548 g/mol. The summed E-state index contributed by atoms with van der Waals surface area (Å²) >= 11 is 0. The van der Waals surface area contributed by atoms with Crippen molar-refractivity contribution >= 4 is 5.69 Å². The second kappa shape index (κ2) is 10.3. The molecule has 0 spiro atoms. The van der Waals surface area contributed by atoms with E-state index in [0.29, 0.717) is 41.0 Å². The van der Waals surface area contributed by atoms with Crippen molar-refractivity contribution in [3.05, 3.63) is 89.2 Å². The Labute approximate surface area is 232 Å². The Bertz CT molecular complexity index is 1430. The van der Waals surface area contributed by atoms with E-state index < -0.39 is 11.7 Å². The van der Waals surface area contributed by atoms with Gasteiger partial charge in [-0.1, -0.05) is 19.9 Å². The topological polar surface area (TPSA) is 75.1 Å². The summed E-state index contributed by atoms with van der Waals surface area (Å²) in [6.07, 6.45) is 6.92. The molecule has 1 saturated carbocycles. The van der Waals surface area contributed by atoms with Crippen LogP contribution in [0.2, 0.25) is 0 Å². The van der Waals surface area contributed by atoms with Crippen LogP contribution in [-0.4, -0.2) is 50.8 Å². The van der Waals surface area contributed by atoms with Gasteiger partial charge in [0.1, 0.15) is 18.0 Å². The molecule has 1 N–H and O–H groups in total. The molecule has 40 heavy (non-hydrogen) atoms. The number of fused-ring (bicyclic) bond motifs is 1. The minimum Gasteiger partial charge on any atom is -0.331 e. The molecule has 4 aliphatic rings. The zero-order valence-corrected chi connectivity index (χ0v) is 22.5. The second-order valence-electron chi connectivity index (χ2n) is 11.4. The molecule has 1 aliphatic carbocycles. The van der Waals surface area contributed by atoms with Gasteiger partial charge in [0.2, 0.25) is 0 Å². The van der Waals surface area contributed by atoms with Crippen molar-refractivity contribution in [2.24, 2.45) is 11.8 Å². The Morgan fingerprint density at radius 1 is 1.15 bits per heavy atom. The highest BCUT2D eigenvalue weighted by atomic mass is 19.4. The fourth-order valence-electron chi connectivity index (χ4n) is 6.36. The predicted molar refractivity (Wildman–Crippen MR) is 145 cm³/mol. The second-order valence-corrected chi connectivity index (χ2v) is 11.4. The van der Waals surface area contributed by atoms with Gasteiger partial charge in [0.15, 0.2) is 0 Å². The summed E-state index contributed by atoms with van der Waals surface area (Å²) in [4.78, 5) is 8.53. The first-order valence-electron chi connectivity index (χ1n) is 13.8. The molecular formula is C30H32F3N7. The summed E-state index contributed by atoms with van der Waals surface area (Å²) in [6.45, 7) is 8.57. The minimum atomic E-state index is -4.53. The number of aromatic nitrogens is 3. The molecule has 1 aromatic carbocycles. The molecule has 4 heterocycles. The van der Waals surface area contributed by atoms with Crippen LogP contribution in [0.5, 0.6) is 0 Å². The van der Waals surface area contributed by atoms with Crippen LogP contribution in [0.15, 0.2) is 72.2 Å². The molecule has 6 rings (SSSR count). The summed E-state index contributed by atoms with van der Waals surface area (Å²) in [5.41, 5.74) is 1.84. The van der Waals surface area contributed by atoms with E-state index in [0.717, 1.165) is 56.6 Å². The number of nitriles is 1. The molecule has 10 heteroatoms. The van der Waals surface area contributed by atoms with Gasteiger partial charge in [0, 0.05) is 37.1 Å². The Hall–Kier alpha value is -3.84. The number of H-pyrrole nitrogens is 1. The van der Waals surface area contributed by atoms with Gasteiger partial charge in [0.05, 0.1) is 22.9 Å². The monoisotopic (exact) mass is 547 g/mol. The lowest BCUT2D eigenvalue weighted by molar-refractivity contribution is -0.0909. The zero-order valence-electron chi connectivity index (χ0n) is 22.5. The van der Waals surface area contributed by atoms with Crippen LogP contribution in [-0.2, 0) is 0 Å². The Kier molecular flexibility index (Phi) is 6.78. The molecule has 0 radical (unpaired) electrons. The quantitative estimate of drug-likeness (QED) is 0.467. The van der Waals surface area contributed by atoms with Crippen LogP contribution in [0.4, 0.5) is 18.9 Å². The number of likely N-dealkylation sites (tertiary alicyclic amines) is 1. The van der Waals surface area contributed by atoms with Crippen LogP contribution >= 0.6 is 0 Å². The van der Waals surface area contributed by atoms with Crippen molar-refractivity contribution in [2.75, 3.05) is 24.5 Å². The van der Waals surface area contributed by atoms with Crippen LogP contribution in [0, 0.1) is 23.2 Å². The molecule has 2 aromatic rings. The Morgan fingerprint density at radius 2 is 1.98 bits per heavy atom. The SMILES string of the molecule is C=C1N2C=C(CN3CCC[C@H](C)C3)C=C(C(F)(F)F)C2=CN1c1cc(C#N)cc(C(c2nnc[nH]2)C2CCC2)c1. The maximum Gasteiger partial charge on any atom is 0.418 e. The van der Waals surface area contributed by atoms with E-state index in [2.05, 4.69) is 39.7 Å². The van der Waals surface area contributed by atoms with Crippen molar-refractivity contribution in [1.29, 1.82) is 5.26 Å². The first-order chi connectivity index (χ1) is 19.2. The van der Waals surface area contributed by atoms with Gasteiger partial charge in [-0.15, -0.1) is 10.2 Å². The standard InChI is InChI=1S/C30H32F3N7/c1-19-5-4-8-38(14-19)15-22-11-26(30(31,32)33)27-17-39(20(2)40(27)16-22)25-10-21(13-34)9-24(12-25)28(23-6-3-7-23)29-35-18-36-37-29/h9-12,16-19,23,28H,2-8,14-15H2,1H3,(H,35,36,37)/t19-,28?/m0/s1. The van der Waals surface area contributed by atoms with Gasteiger partial charge >= 0.3 is 6.18 Å². The molecule has 2 atom stereocenters. The molecule has 1 saturated heterocycles. The first kappa shape index (κ1) is 26.4. The van der Waals surface area contributed by atoms with E-state index in [1.54, 1.807) is 23.5 Å². The number of rotatable bonds is 6. The lowest BCUT2D eigenvalue weighted by atomic mass is 9.72. The Balaban J connectivity index is 1.36. The third-order valence-corrected chi connectivity index (χ3v) is 8.48. The van der Waals surface area contributed by atoms with E-state index in [4.69, 9.17) is 0 Å². The molecule has 0 bridgehead atoms. The number of aromatic amines is 1. The highest BCUT2D eigenvalue weighted by molar-refractivity contribution is 5.66. The van der Waals surface area contributed by atoms with Crippen molar-refractivity contribution in [3.63, 3.8) is 0 Å². The normalized spacial score (nSPS) is 22.7. The van der Waals surface area contributed by atoms with Gasteiger partial charge in [-0.05, 0) is 79.5 Å². The maximum absolute atomic E-state index is 14.3. The van der Waals surface area contributed by atoms with Gasteiger partial charge < -0.3 is 14.8 Å². The van der Waals surface area contributed by atoms with Crippen LogP contribution in [0.1, 0.15) is 61.9 Å². The van der Waals surface area contributed by atoms with Gasteiger partial charge in [-0.2, -0.15) is 18.4 Å². The number of nitrogens with one attached hydrogen (secondary N) is 1. The fourth-order valence-corrected chi connectivity index (χ4v) is 6.36. The maximum atomic E-state index is 14.3. The molecule has 7 nitrogen and oxygen atoms in total. The number of alkyl halides is 3. The number of nitrogens with zero attached hydrogens (tertiary/aromatic N) is 6. The molecule has 2 fully saturated rings. The number of hydrogen-bond donors (Lipinski definition) is 1. The molecule has 1 aromatic heterocycles. The third-order valence-electron chi connectivity index (χ3n) is 8.48. The lowest BCUT2D eigenvalue weighted by Gasteiger charge is -2.34. The van der Waals surface area contributed by atoms with Crippen LogP contribution in [0.3, 0.4) is 0 Å². The number of benzene rings is 1. The summed E-state index contributed by atoms with van der Waals surface area (Å²) in [5.74, 6) is 1.90. The number of hydrogen-bond acceptors (Lipinski definition) is 6. The van der Waals surface area contributed by atoms with Gasteiger partial charge in [-0.3, -0.25) is 4.90 Å². The molecule has 3 aliphatic heterocycles. The van der Waals surface area contributed by atoms with Crippen LogP contribution < -0.4 is 4.90 Å². The predicted octanol–water partition coefficient (Wildman–Crippen LogP) is 6.16. The smallest absolute Gasteiger partial charge is 0.331 e. The summed E-state index contributed by atoms with van der Waals surface area (Å²) in [5, 5.41) is 18.1. The molecular weight excluding hydrogens is 515 g/mol. The van der Waals surface area contributed by atoms with E-state index in [1.165, 1.54) is 17.2 Å². The van der Waals surface area contributed by atoms with Crippen molar-refractivity contribution < 1.29 is 13.2 Å². The molecule has 208 valence electrons. The summed E-state index contributed by atoms with van der Waals surface area (Å²) in [7, 11) is 0. The Morgan fingerprint density at radius 3 is 2.62 bits per heavy atom. The van der Waals surface area contributed by atoms with Crippen molar-refractivity contribution in [2.45, 2.75) is 51.1 Å². The first-order valence-corrected chi connectivity index (χ1v) is 13.8. The van der Waals surface area contributed by atoms with E-state index in [-0.39, 0.29) is 11.6 Å². The number of allylic oxidation sites excluding steroid dienone is 1. The summed E-state index contributed by atoms with van der Waals surface area (Å²) in [6, 6.07) is 7.70. The minimum absolute atomic E-state index is 0.0305.